The van der Waals surface area contributed by atoms with E-state index in [1.54, 1.807) is 24.3 Å². The van der Waals surface area contributed by atoms with Crippen LogP contribution in [-0.2, 0) is 24.2 Å². The molecule has 1 atom stereocenters. The number of sulfone groups is 1. The minimum atomic E-state index is -3.13. The predicted octanol–water partition coefficient (Wildman–Crippen LogP) is 1.15. The van der Waals surface area contributed by atoms with Crippen LogP contribution in [0.25, 0.3) is 0 Å². The van der Waals surface area contributed by atoms with Gasteiger partial charge in [-0.25, -0.2) is 13.2 Å². The molecule has 1 aromatic rings. The second-order valence-electron chi connectivity index (χ2n) is 7.08. The summed E-state index contributed by atoms with van der Waals surface area (Å²) in [5.41, 5.74) is 0.472. The number of amides is 1. The quantitative estimate of drug-likeness (QED) is 0.593. The van der Waals surface area contributed by atoms with Gasteiger partial charge in [0.2, 0.25) is 0 Å². The van der Waals surface area contributed by atoms with Crippen LogP contribution in [0.2, 0.25) is 0 Å². The van der Waals surface area contributed by atoms with Crippen LogP contribution >= 0.6 is 0 Å². The molecule has 0 N–H and O–H groups in total. The van der Waals surface area contributed by atoms with Gasteiger partial charge in [0, 0.05) is 12.6 Å². The average Bonchev–Trinajstić information content (AvgIpc) is 3.02. The van der Waals surface area contributed by atoms with Crippen LogP contribution in [-0.4, -0.2) is 62.5 Å². The van der Waals surface area contributed by atoms with Crippen molar-refractivity contribution >= 4 is 21.7 Å². The fourth-order valence-electron chi connectivity index (χ4n) is 2.90. The number of esters is 1. The lowest BCUT2D eigenvalue weighted by molar-refractivity contribution is -0.154. The Kier molecular flexibility index (Phi) is 7.40. The number of rotatable bonds is 8. The summed E-state index contributed by atoms with van der Waals surface area (Å²) >= 11 is 0. The zero-order valence-electron chi connectivity index (χ0n) is 16.0. The molecule has 1 amide bonds. The van der Waals surface area contributed by atoms with Crippen LogP contribution in [0.15, 0.2) is 24.3 Å². The van der Waals surface area contributed by atoms with Gasteiger partial charge in [0.15, 0.2) is 23.1 Å². The lowest BCUT2D eigenvalue weighted by atomic mass is 10.1. The Bertz CT molecular complexity index is 842. The molecular weight excluding hydrogens is 384 g/mol. The summed E-state index contributed by atoms with van der Waals surface area (Å²) in [6, 6.07) is 7.83. The Morgan fingerprint density at radius 2 is 1.93 bits per heavy atom. The molecule has 0 radical (unpaired) electrons. The number of carbonyl (C=O) groups is 2. The molecule has 0 aromatic heterocycles. The summed E-state index contributed by atoms with van der Waals surface area (Å²) in [6.07, 6.45) is 0.399. The van der Waals surface area contributed by atoms with E-state index in [1.165, 1.54) is 4.90 Å². The molecule has 0 saturated carbocycles. The third-order valence-electron chi connectivity index (χ3n) is 4.23. The molecule has 1 aliphatic heterocycles. The minimum Gasteiger partial charge on any atom is -0.482 e. The Balaban J connectivity index is 1.85. The Labute approximate surface area is 164 Å². The van der Waals surface area contributed by atoms with Crippen molar-refractivity contribution in [2.24, 2.45) is 5.92 Å². The molecule has 1 heterocycles. The number of hydrogen-bond acceptors (Lipinski definition) is 7. The molecule has 0 aliphatic carbocycles. The van der Waals surface area contributed by atoms with E-state index in [-0.39, 0.29) is 30.1 Å². The van der Waals surface area contributed by atoms with E-state index in [9.17, 15) is 18.0 Å². The monoisotopic (exact) mass is 408 g/mol. The zero-order chi connectivity index (χ0) is 20.7. The van der Waals surface area contributed by atoms with Crippen molar-refractivity contribution in [2.75, 3.05) is 31.3 Å². The van der Waals surface area contributed by atoms with Gasteiger partial charge in [0.1, 0.15) is 5.75 Å². The zero-order valence-corrected chi connectivity index (χ0v) is 16.8. The topological polar surface area (TPSA) is 114 Å². The average molecular weight is 408 g/mol. The van der Waals surface area contributed by atoms with Crippen LogP contribution in [0.4, 0.5) is 0 Å². The largest absolute Gasteiger partial charge is 0.482 e. The number of carbonyl (C=O) groups excluding carboxylic acids is 2. The Morgan fingerprint density at radius 1 is 1.25 bits per heavy atom. The van der Waals surface area contributed by atoms with Crippen molar-refractivity contribution in [2.45, 2.75) is 26.3 Å². The van der Waals surface area contributed by atoms with E-state index in [4.69, 9.17) is 14.7 Å². The van der Waals surface area contributed by atoms with E-state index >= 15 is 0 Å². The Morgan fingerprint density at radius 3 is 2.46 bits per heavy atom. The number of hydrogen-bond donors (Lipinski definition) is 0. The highest BCUT2D eigenvalue weighted by Crippen LogP contribution is 2.19. The number of nitriles is 1. The third kappa shape index (κ3) is 6.53. The highest BCUT2D eigenvalue weighted by Gasteiger charge is 2.35. The third-order valence-corrected chi connectivity index (χ3v) is 5.98. The van der Waals surface area contributed by atoms with E-state index in [0.29, 0.717) is 24.3 Å². The molecule has 1 aromatic carbocycles. The maximum atomic E-state index is 12.5. The smallest absolute Gasteiger partial charge is 0.344 e. The van der Waals surface area contributed by atoms with Gasteiger partial charge in [-0.1, -0.05) is 13.8 Å². The van der Waals surface area contributed by atoms with Crippen LogP contribution in [0, 0.1) is 17.2 Å². The van der Waals surface area contributed by atoms with E-state index in [2.05, 4.69) is 0 Å². The normalized spacial score (nSPS) is 17.7. The van der Waals surface area contributed by atoms with Crippen molar-refractivity contribution in [1.82, 2.24) is 4.90 Å². The van der Waals surface area contributed by atoms with E-state index < -0.39 is 28.3 Å². The first-order valence-corrected chi connectivity index (χ1v) is 10.8. The SMILES string of the molecule is CC(C)CN(C(=O)COC(=O)COc1ccc(C#N)cc1)[C@H]1CCS(=O)(=O)C1. The van der Waals surface area contributed by atoms with Gasteiger partial charge in [-0.05, 0) is 36.6 Å². The van der Waals surface area contributed by atoms with Crippen LogP contribution in [0.1, 0.15) is 25.8 Å². The first-order chi connectivity index (χ1) is 13.2. The predicted molar refractivity (Wildman–Crippen MR) is 101 cm³/mol. The van der Waals surface area contributed by atoms with E-state index in [0.717, 1.165) is 0 Å². The second kappa shape index (κ2) is 9.55. The highest BCUT2D eigenvalue weighted by atomic mass is 32.2. The summed E-state index contributed by atoms with van der Waals surface area (Å²) in [6.45, 7) is 3.43. The van der Waals surface area contributed by atoms with Crippen LogP contribution < -0.4 is 4.74 Å². The fourth-order valence-corrected chi connectivity index (χ4v) is 4.63. The molecule has 0 bridgehead atoms. The second-order valence-corrected chi connectivity index (χ2v) is 9.31. The lowest BCUT2D eigenvalue weighted by Gasteiger charge is -2.29. The van der Waals surface area contributed by atoms with Crippen LogP contribution in [0.3, 0.4) is 0 Å². The van der Waals surface area contributed by atoms with Crippen molar-refractivity contribution < 1.29 is 27.5 Å². The molecular formula is C19H24N2O6S. The fraction of sp³-hybridized carbons (Fsp3) is 0.526. The minimum absolute atomic E-state index is 0.0544. The Hall–Kier alpha value is -2.60. The summed E-state index contributed by atoms with van der Waals surface area (Å²) < 4.78 is 33.7. The maximum absolute atomic E-state index is 12.5. The molecule has 8 nitrogen and oxygen atoms in total. The number of ether oxygens (including phenoxy) is 2. The summed E-state index contributed by atoms with van der Waals surface area (Å²) in [4.78, 5) is 25.9. The van der Waals surface area contributed by atoms with Crippen molar-refractivity contribution in [3.8, 4) is 11.8 Å². The highest BCUT2D eigenvalue weighted by molar-refractivity contribution is 7.91. The van der Waals surface area contributed by atoms with Gasteiger partial charge >= 0.3 is 5.97 Å². The number of nitrogens with zero attached hydrogens (tertiary/aromatic N) is 2. The molecule has 152 valence electrons. The van der Waals surface area contributed by atoms with Gasteiger partial charge in [0.05, 0.1) is 23.1 Å². The summed E-state index contributed by atoms with van der Waals surface area (Å²) in [5, 5.41) is 8.74. The van der Waals surface area contributed by atoms with Crippen molar-refractivity contribution in [3.63, 3.8) is 0 Å². The molecule has 28 heavy (non-hydrogen) atoms. The standard InChI is InChI=1S/C19H24N2O6S/c1-14(2)10-21(16-7-8-28(24,25)13-16)18(22)11-27-19(23)12-26-17-5-3-15(9-20)4-6-17/h3-6,14,16H,7-8,10-13H2,1-2H3/t16-/m0/s1. The van der Waals surface area contributed by atoms with Crippen molar-refractivity contribution in [3.05, 3.63) is 29.8 Å². The first kappa shape index (κ1) is 21.7. The van der Waals surface area contributed by atoms with Gasteiger partial charge < -0.3 is 14.4 Å². The van der Waals surface area contributed by atoms with E-state index in [1.807, 2.05) is 19.9 Å². The summed E-state index contributed by atoms with van der Waals surface area (Å²) in [5.74, 6) is -0.551. The molecule has 1 aliphatic rings. The molecule has 2 rings (SSSR count). The van der Waals surface area contributed by atoms with Gasteiger partial charge in [-0.2, -0.15) is 5.26 Å². The number of benzene rings is 1. The molecule has 9 heteroatoms. The summed E-state index contributed by atoms with van der Waals surface area (Å²) in [7, 11) is -3.13. The van der Waals surface area contributed by atoms with Gasteiger partial charge in [-0.15, -0.1) is 0 Å². The molecule has 0 spiro atoms. The first-order valence-electron chi connectivity index (χ1n) is 8.98. The van der Waals surface area contributed by atoms with Crippen LogP contribution in [0.5, 0.6) is 5.75 Å². The molecule has 0 unspecified atom stereocenters. The maximum Gasteiger partial charge on any atom is 0.344 e. The van der Waals surface area contributed by atoms with Gasteiger partial charge in [0.25, 0.3) is 5.91 Å². The van der Waals surface area contributed by atoms with Gasteiger partial charge in [-0.3, -0.25) is 4.79 Å². The molecule has 1 saturated heterocycles. The molecule has 1 fully saturated rings. The lowest BCUT2D eigenvalue weighted by Crippen LogP contribution is -2.45. The van der Waals surface area contributed by atoms with Crippen molar-refractivity contribution in [1.29, 1.82) is 5.26 Å².